The normalized spacial score (nSPS) is 11.0. The van der Waals surface area contributed by atoms with Crippen LogP contribution in [0.2, 0.25) is 5.02 Å². The van der Waals surface area contributed by atoms with Crippen molar-refractivity contribution >= 4 is 23.3 Å². The van der Waals surface area contributed by atoms with Gasteiger partial charge in [-0.25, -0.2) is 9.37 Å². The third-order valence-corrected chi connectivity index (χ3v) is 5.74. The monoisotopic (exact) mass is 479 g/mol. The van der Waals surface area contributed by atoms with Crippen LogP contribution in [0.25, 0.3) is 5.95 Å². The molecule has 2 aromatic carbocycles. The molecule has 0 spiro atoms. The molecule has 0 saturated carbocycles. The zero-order valence-electron chi connectivity index (χ0n) is 19.0. The zero-order chi connectivity index (χ0) is 24.4. The van der Waals surface area contributed by atoms with Gasteiger partial charge in [0.1, 0.15) is 11.6 Å². The fourth-order valence-electron chi connectivity index (χ4n) is 3.73. The Kier molecular flexibility index (Phi) is 6.61. The Morgan fingerprint density at radius 1 is 1.12 bits per heavy atom. The number of carbonyl (C=O) groups is 1. The van der Waals surface area contributed by atoms with E-state index < -0.39 is 11.7 Å². The molecule has 0 aliphatic carbocycles. The van der Waals surface area contributed by atoms with Crippen LogP contribution in [0, 0.1) is 19.7 Å². The number of hydrogen-bond donors (Lipinski definition) is 1. The average Bonchev–Trinajstić information content (AvgIpc) is 3.18. The molecule has 0 fully saturated rings. The molecule has 2 heterocycles. The van der Waals surface area contributed by atoms with E-state index in [9.17, 15) is 14.0 Å². The summed E-state index contributed by atoms with van der Waals surface area (Å²) in [6, 6.07) is 15.0. The second-order valence-electron chi connectivity index (χ2n) is 7.87. The van der Waals surface area contributed by atoms with Crippen molar-refractivity contribution in [1.82, 2.24) is 19.3 Å². The molecule has 0 bridgehead atoms. The second-order valence-corrected chi connectivity index (χ2v) is 8.28. The molecule has 174 valence electrons. The summed E-state index contributed by atoms with van der Waals surface area (Å²) >= 11 is 5.73. The Labute approximate surface area is 200 Å². The Bertz CT molecular complexity index is 1430. The van der Waals surface area contributed by atoms with Crippen molar-refractivity contribution in [1.29, 1.82) is 0 Å². The molecule has 0 radical (unpaired) electrons. The number of benzene rings is 2. The molecule has 0 atom stereocenters. The third kappa shape index (κ3) is 4.63. The van der Waals surface area contributed by atoms with E-state index in [1.54, 1.807) is 24.5 Å². The molecule has 0 saturated heterocycles. The van der Waals surface area contributed by atoms with Crippen molar-refractivity contribution in [2.75, 3.05) is 5.32 Å². The van der Waals surface area contributed by atoms with Crippen molar-refractivity contribution in [3.05, 3.63) is 104 Å². The van der Waals surface area contributed by atoms with E-state index in [0.717, 1.165) is 11.6 Å². The maximum atomic E-state index is 13.9. The van der Waals surface area contributed by atoms with Gasteiger partial charge < -0.3 is 5.32 Å². The van der Waals surface area contributed by atoms with Crippen molar-refractivity contribution in [3.8, 4) is 5.95 Å². The summed E-state index contributed by atoms with van der Waals surface area (Å²) in [7, 11) is 0. The minimum Gasteiger partial charge on any atom is -0.306 e. The van der Waals surface area contributed by atoms with E-state index in [-0.39, 0.29) is 28.6 Å². The Hall–Kier alpha value is -3.78. The first kappa shape index (κ1) is 23.4. The smallest absolute Gasteiger partial charge is 0.258 e. The molecular formula is C25H23ClFN5O2. The summed E-state index contributed by atoms with van der Waals surface area (Å²) in [6.45, 7) is 5.74. The maximum Gasteiger partial charge on any atom is 0.258 e. The maximum absolute atomic E-state index is 13.9. The van der Waals surface area contributed by atoms with E-state index in [4.69, 9.17) is 11.6 Å². The van der Waals surface area contributed by atoms with E-state index in [1.165, 1.54) is 16.8 Å². The van der Waals surface area contributed by atoms with Crippen LogP contribution in [0.1, 0.15) is 39.8 Å². The number of halogens is 2. The first-order valence-electron chi connectivity index (χ1n) is 10.8. The number of aryl methyl sites for hydroxylation is 2. The molecule has 4 rings (SSSR count). The molecule has 0 aliphatic rings. The SMILES string of the molecule is CCc1c(C)nc(-n2nc(C)cc2NC(=O)c2ccc(Cl)c(F)c2)n(Cc2ccccc2)c1=O. The first-order chi connectivity index (χ1) is 16.3. The van der Waals surface area contributed by atoms with Crippen molar-refractivity contribution in [2.24, 2.45) is 0 Å². The summed E-state index contributed by atoms with van der Waals surface area (Å²) in [4.78, 5) is 30.9. The standard InChI is InChI=1S/C25H23ClFN5O2/c1-4-19-16(3)28-25(31(24(19)34)14-17-8-6-5-7-9-17)32-22(12-15(2)30-32)29-23(33)18-10-11-20(26)21(27)13-18/h5-13H,4,14H2,1-3H3,(H,29,33). The molecule has 7 nitrogen and oxygen atoms in total. The van der Waals surface area contributed by atoms with E-state index >= 15 is 0 Å². The minimum absolute atomic E-state index is 0.0712. The molecule has 1 N–H and O–H groups in total. The number of nitrogens with zero attached hydrogens (tertiary/aromatic N) is 4. The molecule has 0 unspecified atom stereocenters. The van der Waals surface area contributed by atoms with E-state index in [0.29, 0.717) is 29.2 Å². The molecule has 0 aliphatic heterocycles. The van der Waals surface area contributed by atoms with Gasteiger partial charge in [-0.2, -0.15) is 9.78 Å². The largest absolute Gasteiger partial charge is 0.306 e. The van der Waals surface area contributed by atoms with Crippen LogP contribution in [0.15, 0.2) is 59.4 Å². The van der Waals surface area contributed by atoms with Gasteiger partial charge in [0.15, 0.2) is 0 Å². The molecule has 4 aromatic rings. The number of nitrogens with one attached hydrogen (secondary N) is 1. The molecule has 9 heteroatoms. The number of carbonyl (C=O) groups excluding carboxylic acids is 1. The quantitative estimate of drug-likeness (QED) is 0.434. The molecule has 1 amide bonds. The van der Waals surface area contributed by atoms with Crippen molar-refractivity contribution < 1.29 is 9.18 Å². The molecular weight excluding hydrogens is 457 g/mol. The van der Waals surface area contributed by atoms with Gasteiger partial charge in [-0.1, -0.05) is 48.9 Å². The van der Waals surface area contributed by atoms with Crippen LogP contribution in [0.3, 0.4) is 0 Å². The number of anilines is 1. The van der Waals surface area contributed by atoms with Crippen LogP contribution in [0.4, 0.5) is 10.2 Å². The lowest BCUT2D eigenvalue weighted by Crippen LogP contribution is -2.31. The summed E-state index contributed by atoms with van der Waals surface area (Å²) in [6.07, 6.45) is 0.538. The summed E-state index contributed by atoms with van der Waals surface area (Å²) < 4.78 is 16.8. The predicted molar refractivity (Wildman–Crippen MR) is 129 cm³/mol. The highest BCUT2D eigenvalue weighted by Crippen LogP contribution is 2.20. The summed E-state index contributed by atoms with van der Waals surface area (Å²) in [5.41, 5.74) is 2.67. The summed E-state index contributed by atoms with van der Waals surface area (Å²) in [5.74, 6) is -0.664. The second kappa shape index (κ2) is 9.61. The number of amides is 1. The van der Waals surface area contributed by atoms with Gasteiger partial charge in [0, 0.05) is 17.2 Å². The fraction of sp³-hybridized carbons (Fsp3) is 0.200. The molecule has 34 heavy (non-hydrogen) atoms. The van der Waals surface area contributed by atoms with Crippen molar-refractivity contribution in [2.45, 2.75) is 33.7 Å². The Morgan fingerprint density at radius 2 is 1.85 bits per heavy atom. The summed E-state index contributed by atoms with van der Waals surface area (Å²) in [5, 5.41) is 7.16. The van der Waals surface area contributed by atoms with Gasteiger partial charge in [0.05, 0.1) is 23.0 Å². The van der Waals surface area contributed by atoms with Crippen LogP contribution in [0.5, 0.6) is 0 Å². The van der Waals surface area contributed by atoms with Crippen LogP contribution in [-0.2, 0) is 13.0 Å². The van der Waals surface area contributed by atoms with Crippen molar-refractivity contribution in [3.63, 3.8) is 0 Å². The molecule has 2 aromatic heterocycles. The minimum atomic E-state index is -0.692. The zero-order valence-corrected chi connectivity index (χ0v) is 19.7. The van der Waals surface area contributed by atoms with Gasteiger partial charge >= 0.3 is 0 Å². The lowest BCUT2D eigenvalue weighted by Gasteiger charge is -2.17. The lowest BCUT2D eigenvalue weighted by atomic mass is 10.2. The number of hydrogen-bond acceptors (Lipinski definition) is 4. The van der Waals surface area contributed by atoms with E-state index in [1.807, 2.05) is 37.3 Å². The highest BCUT2D eigenvalue weighted by atomic mass is 35.5. The Balaban J connectivity index is 1.81. The fourth-order valence-corrected chi connectivity index (χ4v) is 3.85. The van der Waals surface area contributed by atoms with Gasteiger partial charge in [-0.15, -0.1) is 0 Å². The predicted octanol–water partition coefficient (Wildman–Crippen LogP) is 4.70. The Morgan fingerprint density at radius 3 is 2.53 bits per heavy atom. The lowest BCUT2D eigenvalue weighted by molar-refractivity contribution is 0.102. The first-order valence-corrected chi connectivity index (χ1v) is 11.1. The van der Waals surface area contributed by atoms with Gasteiger partial charge in [-0.05, 0) is 44.0 Å². The van der Waals surface area contributed by atoms with Gasteiger partial charge in [-0.3, -0.25) is 14.2 Å². The number of aromatic nitrogens is 4. The average molecular weight is 480 g/mol. The highest BCUT2D eigenvalue weighted by Gasteiger charge is 2.20. The van der Waals surface area contributed by atoms with Crippen LogP contribution in [-0.4, -0.2) is 25.2 Å². The number of rotatable bonds is 6. The van der Waals surface area contributed by atoms with Gasteiger partial charge in [0.2, 0.25) is 5.95 Å². The van der Waals surface area contributed by atoms with Crippen LogP contribution < -0.4 is 10.9 Å². The van der Waals surface area contributed by atoms with E-state index in [2.05, 4.69) is 15.4 Å². The highest BCUT2D eigenvalue weighted by molar-refractivity contribution is 6.30. The third-order valence-electron chi connectivity index (χ3n) is 5.43. The topological polar surface area (TPSA) is 81.8 Å². The van der Waals surface area contributed by atoms with Crippen LogP contribution >= 0.6 is 11.6 Å². The van der Waals surface area contributed by atoms with Gasteiger partial charge in [0.25, 0.3) is 11.5 Å².